The molecule has 0 N–H and O–H groups in total. The second-order valence-corrected chi connectivity index (χ2v) is 3.01. The van der Waals surface area contributed by atoms with Crippen LogP contribution in [0, 0.1) is 4.91 Å². The number of benzene rings is 1. The summed E-state index contributed by atoms with van der Waals surface area (Å²) < 4.78 is 0. The van der Waals surface area contributed by atoms with Gasteiger partial charge in [-0.2, -0.15) is 0 Å². The molecule has 0 aliphatic carbocycles. The predicted octanol–water partition coefficient (Wildman–Crippen LogP) is 1.97. The SMILES string of the molecule is CC1Cc2ccccc2[N+](=O)O1. The summed E-state index contributed by atoms with van der Waals surface area (Å²) in [5, 5.41) is 0. The number of rotatable bonds is 0. The van der Waals surface area contributed by atoms with Crippen molar-refractivity contribution in [2.75, 3.05) is 0 Å². The Morgan fingerprint density at radius 3 is 3.08 bits per heavy atom. The zero-order valence-electron chi connectivity index (χ0n) is 6.86. The Morgan fingerprint density at radius 2 is 2.25 bits per heavy atom. The number of hydrogen-bond donors (Lipinski definition) is 0. The van der Waals surface area contributed by atoms with Gasteiger partial charge < -0.3 is 0 Å². The second kappa shape index (κ2) is 2.59. The van der Waals surface area contributed by atoms with Crippen molar-refractivity contribution in [3.05, 3.63) is 34.7 Å². The average molecular weight is 164 g/mol. The molecule has 1 aromatic carbocycles. The van der Waals surface area contributed by atoms with Crippen molar-refractivity contribution < 1.29 is 9.76 Å². The van der Waals surface area contributed by atoms with Crippen molar-refractivity contribution in [3.8, 4) is 0 Å². The molecule has 62 valence electrons. The largest absolute Gasteiger partial charge is 0.320 e. The first-order valence-corrected chi connectivity index (χ1v) is 3.99. The van der Waals surface area contributed by atoms with Crippen LogP contribution in [-0.4, -0.2) is 11.0 Å². The first-order valence-electron chi connectivity index (χ1n) is 3.99. The normalized spacial score (nSPS) is 21.4. The molecule has 1 heterocycles. The minimum Gasteiger partial charge on any atom is -0.223 e. The third-order valence-electron chi connectivity index (χ3n) is 1.97. The van der Waals surface area contributed by atoms with E-state index in [4.69, 9.17) is 4.84 Å². The third kappa shape index (κ3) is 1.07. The van der Waals surface area contributed by atoms with E-state index in [-0.39, 0.29) is 6.10 Å². The van der Waals surface area contributed by atoms with E-state index in [2.05, 4.69) is 0 Å². The molecule has 1 atom stereocenters. The lowest BCUT2D eigenvalue weighted by atomic mass is 10.1. The number of fused-ring (bicyclic) bond motifs is 1. The van der Waals surface area contributed by atoms with Crippen molar-refractivity contribution in [2.45, 2.75) is 19.4 Å². The van der Waals surface area contributed by atoms with Crippen molar-refractivity contribution in [3.63, 3.8) is 0 Å². The smallest absolute Gasteiger partial charge is 0.223 e. The van der Waals surface area contributed by atoms with E-state index < -0.39 is 0 Å². The maximum absolute atomic E-state index is 11.2. The van der Waals surface area contributed by atoms with Crippen LogP contribution in [0.15, 0.2) is 24.3 Å². The van der Waals surface area contributed by atoms with Crippen LogP contribution in [0.3, 0.4) is 0 Å². The Morgan fingerprint density at radius 1 is 1.50 bits per heavy atom. The zero-order chi connectivity index (χ0) is 8.55. The van der Waals surface area contributed by atoms with E-state index in [1.54, 1.807) is 6.07 Å². The molecule has 3 heteroatoms. The lowest BCUT2D eigenvalue weighted by Gasteiger charge is -2.11. The van der Waals surface area contributed by atoms with Crippen LogP contribution < -0.4 is 0 Å². The lowest BCUT2D eigenvalue weighted by Crippen LogP contribution is -2.22. The van der Waals surface area contributed by atoms with Crippen LogP contribution in [0.25, 0.3) is 0 Å². The van der Waals surface area contributed by atoms with E-state index in [0.717, 1.165) is 12.0 Å². The lowest BCUT2D eigenvalue weighted by molar-refractivity contribution is -0.759. The first kappa shape index (κ1) is 7.28. The maximum atomic E-state index is 11.2. The average Bonchev–Trinajstić information content (AvgIpc) is 2.04. The maximum Gasteiger partial charge on any atom is 0.320 e. The van der Waals surface area contributed by atoms with Crippen LogP contribution in [0.1, 0.15) is 12.5 Å². The summed E-state index contributed by atoms with van der Waals surface area (Å²) in [6.07, 6.45) is 0.798. The van der Waals surface area contributed by atoms with Gasteiger partial charge in [0.05, 0.1) is 4.91 Å². The van der Waals surface area contributed by atoms with Gasteiger partial charge in [-0.05, 0) is 6.92 Å². The molecule has 12 heavy (non-hydrogen) atoms. The standard InChI is InChI=1S/C9H10NO2/c1-7-6-8-4-2-3-5-9(8)10(11)12-7/h2-5,7H,6H2,1H3/q+1. The summed E-state index contributed by atoms with van der Waals surface area (Å²) in [7, 11) is 0. The van der Waals surface area contributed by atoms with Crippen LogP contribution in [0.4, 0.5) is 5.69 Å². The fraction of sp³-hybridized carbons (Fsp3) is 0.333. The monoisotopic (exact) mass is 164 g/mol. The Labute approximate surface area is 70.5 Å². The molecule has 0 bridgehead atoms. The van der Waals surface area contributed by atoms with Crippen LogP contribution in [0.5, 0.6) is 0 Å². The summed E-state index contributed by atoms with van der Waals surface area (Å²) in [5.41, 5.74) is 1.70. The Bertz CT molecular complexity index is 322. The minimum absolute atomic E-state index is 0.0163. The fourth-order valence-corrected chi connectivity index (χ4v) is 1.43. The summed E-state index contributed by atoms with van der Waals surface area (Å²) in [6.45, 7) is 1.89. The summed E-state index contributed by atoms with van der Waals surface area (Å²) >= 11 is 0. The van der Waals surface area contributed by atoms with Gasteiger partial charge in [0.25, 0.3) is 4.92 Å². The highest BCUT2D eigenvalue weighted by Crippen LogP contribution is 2.25. The van der Waals surface area contributed by atoms with Crippen molar-refractivity contribution in [2.24, 2.45) is 0 Å². The highest BCUT2D eigenvalue weighted by atomic mass is 16.8. The fourth-order valence-electron chi connectivity index (χ4n) is 1.43. The van der Waals surface area contributed by atoms with E-state index in [1.165, 1.54) is 0 Å². The quantitative estimate of drug-likeness (QED) is 0.586. The molecule has 2 rings (SSSR count). The summed E-state index contributed by atoms with van der Waals surface area (Å²) in [6, 6.07) is 7.50. The van der Waals surface area contributed by atoms with Gasteiger partial charge in [-0.25, -0.2) is 4.84 Å². The Balaban J connectivity index is 2.47. The van der Waals surface area contributed by atoms with Gasteiger partial charge in [0.2, 0.25) is 0 Å². The third-order valence-corrected chi connectivity index (χ3v) is 1.97. The summed E-state index contributed by atoms with van der Waals surface area (Å²) in [4.78, 5) is 16.8. The van der Waals surface area contributed by atoms with Crippen molar-refractivity contribution >= 4 is 5.69 Å². The number of hydrogen-bond acceptors (Lipinski definition) is 2. The van der Waals surface area contributed by atoms with Crippen LogP contribution in [0.2, 0.25) is 0 Å². The molecule has 0 amide bonds. The molecular formula is C9H10NO2+. The highest BCUT2D eigenvalue weighted by Gasteiger charge is 2.30. The van der Waals surface area contributed by atoms with Gasteiger partial charge in [-0.1, -0.05) is 18.2 Å². The van der Waals surface area contributed by atoms with E-state index >= 15 is 0 Å². The van der Waals surface area contributed by atoms with Gasteiger partial charge in [0.1, 0.15) is 0 Å². The van der Waals surface area contributed by atoms with E-state index in [0.29, 0.717) is 10.6 Å². The van der Waals surface area contributed by atoms with Gasteiger partial charge in [0.15, 0.2) is 6.10 Å². The minimum atomic E-state index is -0.0163. The molecule has 1 unspecified atom stereocenters. The summed E-state index contributed by atoms with van der Waals surface area (Å²) in [5.74, 6) is 0. The molecule has 0 aromatic heterocycles. The van der Waals surface area contributed by atoms with Crippen LogP contribution in [-0.2, 0) is 11.3 Å². The van der Waals surface area contributed by atoms with Gasteiger partial charge in [0, 0.05) is 18.1 Å². The first-order chi connectivity index (χ1) is 5.77. The second-order valence-electron chi connectivity index (χ2n) is 3.01. The molecule has 0 spiro atoms. The molecule has 0 fully saturated rings. The highest BCUT2D eigenvalue weighted by molar-refractivity contribution is 5.40. The molecule has 0 radical (unpaired) electrons. The Kier molecular flexibility index (Phi) is 1.57. The number of para-hydroxylation sites is 1. The van der Waals surface area contributed by atoms with E-state index in [9.17, 15) is 4.91 Å². The molecule has 0 saturated heterocycles. The van der Waals surface area contributed by atoms with E-state index in [1.807, 2.05) is 25.1 Å². The van der Waals surface area contributed by atoms with Crippen LogP contribution >= 0.6 is 0 Å². The van der Waals surface area contributed by atoms with Crippen molar-refractivity contribution in [1.29, 1.82) is 0 Å². The molecule has 1 aliphatic rings. The molecule has 0 saturated carbocycles. The van der Waals surface area contributed by atoms with Crippen molar-refractivity contribution in [1.82, 2.24) is 0 Å². The molecular weight excluding hydrogens is 154 g/mol. The predicted molar refractivity (Wildman–Crippen MR) is 44.0 cm³/mol. The topological polar surface area (TPSA) is 29.3 Å². The van der Waals surface area contributed by atoms with Gasteiger partial charge in [-0.15, -0.1) is 0 Å². The Hall–Kier alpha value is -1.38. The molecule has 1 aromatic rings. The molecule has 3 nitrogen and oxygen atoms in total. The zero-order valence-corrected chi connectivity index (χ0v) is 6.86. The van der Waals surface area contributed by atoms with Gasteiger partial charge in [-0.3, -0.25) is 0 Å². The molecule has 1 aliphatic heterocycles. The number of nitrogens with zero attached hydrogens (tertiary/aromatic N) is 1. The van der Waals surface area contributed by atoms with Gasteiger partial charge >= 0.3 is 5.69 Å².